The molecule has 0 aromatic carbocycles. The van der Waals surface area contributed by atoms with Crippen LogP contribution in [-0.2, 0) is 6.54 Å². The molecular weight excluding hydrogens is 216 g/mol. The smallest absolute Gasteiger partial charge is 0.222 e. The maximum atomic E-state index is 5.57. The fraction of sp³-hybridized carbons (Fsp3) is 0.364. The van der Waals surface area contributed by atoms with E-state index in [1.165, 1.54) is 0 Å². The zero-order chi connectivity index (χ0) is 12.1. The summed E-state index contributed by atoms with van der Waals surface area (Å²) in [5.74, 6) is 1.09. The number of nitrogens with zero attached hydrogens (tertiary/aromatic N) is 4. The molecule has 0 spiro atoms. The largest absolute Gasteiger partial charge is 0.370 e. The maximum Gasteiger partial charge on any atom is 0.222 e. The van der Waals surface area contributed by atoms with Crippen molar-refractivity contribution < 1.29 is 0 Å². The number of nitrogens with two attached hydrogens (primary N) is 1. The van der Waals surface area contributed by atoms with E-state index in [2.05, 4.69) is 20.3 Å². The van der Waals surface area contributed by atoms with E-state index in [1.807, 2.05) is 30.1 Å². The molecule has 0 saturated heterocycles. The molecule has 2 aromatic heterocycles. The number of nitrogens with one attached hydrogen (secondary N) is 1. The molecule has 0 radical (unpaired) electrons. The van der Waals surface area contributed by atoms with Gasteiger partial charge in [0.25, 0.3) is 0 Å². The molecule has 6 nitrogen and oxygen atoms in total. The lowest BCUT2D eigenvalue weighted by Crippen LogP contribution is -2.08. The van der Waals surface area contributed by atoms with Gasteiger partial charge in [-0.15, -0.1) is 0 Å². The minimum Gasteiger partial charge on any atom is -0.370 e. The molecule has 6 heteroatoms. The summed E-state index contributed by atoms with van der Waals surface area (Å²) in [6.45, 7) is 3.68. The molecule has 0 bridgehead atoms. The van der Waals surface area contributed by atoms with Crippen molar-refractivity contribution in [3.8, 4) is 0 Å². The summed E-state index contributed by atoms with van der Waals surface area (Å²) in [4.78, 5) is 12.1. The van der Waals surface area contributed by atoms with Gasteiger partial charge in [0.1, 0.15) is 5.82 Å². The highest BCUT2D eigenvalue weighted by Gasteiger charge is 1.98. The van der Waals surface area contributed by atoms with Crippen LogP contribution in [0.25, 0.3) is 0 Å². The van der Waals surface area contributed by atoms with Gasteiger partial charge in [-0.05, 0) is 13.3 Å². The quantitative estimate of drug-likeness (QED) is 0.753. The van der Waals surface area contributed by atoms with E-state index in [0.29, 0.717) is 5.95 Å². The summed E-state index contributed by atoms with van der Waals surface area (Å²) in [6.07, 6.45) is 6.54. The highest BCUT2D eigenvalue weighted by Crippen LogP contribution is 2.06. The number of hydrogen-bond donors (Lipinski definition) is 2. The van der Waals surface area contributed by atoms with Crippen LogP contribution in [0.4, 0.5) is 11.8 Å². The predicted octanol–water partition coefficient (Wildman–Crippen LogP) is 1.07. The third-order valence-electron chi connectivity index (χ3n) is 2.33. The Kier molecular flexibility index (Phi) is 3.54. The van der Waals surface area contributed by atoms with Crippen LogP contribution < -0.4 is 11.1 Å². The normalized spacial score (nSPS) is 10.4. The lowest BCUT2D eigenvalue weighted by Gasteiger charge is -2.07. The van der Waals surface area contributed by atoms with E-state index < -0.39 is 0 Å². The van der Waals surface area contributed by atoms with Crippen molar-refractivity contribution in [2.45, 2.75) is 19.9 Å². The maximum absolute atomic E-state index is 5.57. The zero-order valence-electron chi connectivity index (χ0n) is 9.80. The molecule has 2 heterocycles. The van der Waals surface area contributed by atoms with Crippen LogP contribution in [0.2, 0.25) is 0 Å². The van der Waals surface area contributed by atoms with Crippen molar-refractivity contribution in [2.24, 2.45) is 0 Å². The van der Waals surface area contributed by atoms with E-state index in [-0.39, 0.29) is 0 Å². The first kappa shape index (κ1) is 11.4. The lowest BCUT2D eigenvalue weighted by atomic mass is 10.4. The molecular formula is C11H16N6. The second-order valence-corrected chi connectivity index (χ2v) is 3.83. The van der Waals surface area contributed by atoms with Crippen LogP contribution in [0.5, 0.6) is 0 Å². The third-order valence-corrected chi connectivity index (χ3v) is 2.33. The molecule has 17 heavy (non-hydrogen) atoms. The van der Waals surface area contributed by atoms with Crippen molar-refractivity contribution in [1.29, 1.82) is 0 Å². The van der Waals surface area contributed by atoms with Crippen molar-refractivity contribution in [3.05, 3.63) is 30.5 Å². The molecule has 0 amide bonds. The van der Waals surface area contributed by atoms with Crippen molar-refractivity contribution in [3.63, 3.8) is 0 Å². The first-order valence-electron chi connectivity index (χ1n) is 5.55. The van der Waals surface area contributed by atoms with Crippen LogP contribution in [0.3, 0.4) is 0 Å². The van der Waals surface area contributed by atoms with Crippen molar-refractivity contribution in [1.82, 2.24) is 19.5 Å². The summed E-state index contributed by atoms with van der Waals surface area (Å²) in [6, 6.07) is 1.88. The Morgan fingerprint density at radius 3 is 3.00 bits per heavy atom. The number of nitrogen functional groups attached to an aromatic ring is 1. The number of imidazole rings is 1. The standard InChI is InChI=1S/C11H16N6/c1-9-7-10(16-11(12)15-9)14-3-2-5-17-6-4-13-8-17/h4,6-8H,2-3,5H2,1H3,(H3,12,14,15,16). The molecule has 2 aromatic rings. The molecule has 90 valence electrons. The monoisotopic (exact) mass is 232 g/mol. The Morgan fingerprint density at radius 1 is 1.41 bits per heavy atom. The van der Waals surface area contributed by atoms with Crippen LogP contribution in [0.1, 0.15) is 12.1 Å². The molecule has 0 saturated carbocycles. The van der Waals surface area contributed by atoms with Crippen LogP contribution in [0, 0.1) is 6.92 Å². The topological polar surface area (TPSA) is 81.7 Å². The minimum atomic E-state index is 0.308. The SMILES string of the molecule is Cc1cc(NCCCn2ccnc2)nc(N)n1. The van der Waals surface area contributed by atoms with Crippen molar-refractivity contribution >= 4 is 11.8 Å². The van der Waals surface area contributed by atoms with Gasteiger partial charge in [0.15, 0.2) is 0 Å². The van der Waals surface area contributed by atoms with Gasteiger partial charge >= 0.3 is 0 Å². The van der Waals surface area contributed by atoms with Gasteiger partial charge in [-0.2, -0.15) is 4.98 Å². The van der Waals surface area contributed by atoms with Gasteiger partial charge in [0.05, 0.1) is 6.33 Å². The Labute approximate surface area is 99.9 Å². The number of hydrogen-bond acceptors (Lipinski definition) is 5. The van der Waals surface area contributed by atoms with Gasteiger partial charge in [-0.3, -0.25) is 0 Å². The minimum absolute atomic E-state index is 0.308. The summed E-state index contributed by atoms with van der Waals surface area (Å²) in [7, 11) is 0. The molecule has 2 rings (SSSR count). The van der Waals surface area contributed by atoms with E-state index in [0.717, 1.165) is 31.0 Å². The highest BCUT2D eigenvalue weighted by atomic mass is 15.1. The predicted molar refractivity (Wildman–Crippen MR) is 66.5 cm³/mol. The number of rotatable bonds is 5. The average Bonchev–Trinajstić information content (AvgIpc) is 2.76. The molecule has 0 fully saturated rings. The summed E-state index contributed by atoms with van der Waals surface area (Å²) in [5, 5.41) is 3.22. The van der Waals surface area contributed by atoms with Gasteiger partial charge in [0.2, 0.25) is 5.95 Å². The Balaban J connectivity index is 1.78. The van der Waals surface area contributed by atoms with Gasteiger partial charge in [-0.1, -0.05) is 0 Å². The average molecular weight is 232 g/mol. The first-order chi connectivity index (χ1) is 8.24. The third kappa shape index (κ3) is 3.44. The lowest BCUT2D eigenvalue weighted by molar-refractivity contribution is 0.660. The number of aromatic nitrogens is 4. The fourth-order valence-electron chi connectivity index (χ4n) is 1.58. The zero-order valence-corrected chi connectivity index (χ0v) is 9.80. The van der Waals surface area contributed by atoms with Gasteiger partial charge < -0.3 is 15.6 Å². The van der Waals surface area contributed by atoms with Crippen LogP contribution >= 0.6 is 0 Å². The fourth-order valence-corrected chi connectivity index (χ4v) is 1.58. The molecule has 0 unspecified atom stereocenters. The molecule has 3 N–H and O–H groups in total. The number of aryl methyl sites for hydroxylation is 2. The van der Waals surface area contributed by atoms with Crippen molar-refractivity contribution in [2.75, 3.05) is 17.6 Å². The van der Waals surface area contributed by atoms with E-state index in [4.69, 9.17) is 5.73 Å². The van der Waals surface area contributed by atoms with Gasteiger partial charge in [-0.25, -0.2) is 9.97 Å². The molecule has 0 atom stereocenters. The molecule has 0 aliphatic carbocycles. The number of anilines is 2. The molecule has 0 aliphatic heterocycles. The van der Waals surface area contributed by atoms with E-state index in [1.54, 1.807) is 6.20 Å². The van der Waals surface area contributed by atoms with Crippen LogP contribution in [-0.4, -0.2) is 26.1 Å². The second-order valence-electron chi connectivity index (χ2n) is 3.83. The Hall–Kier alpha value is -2.11. The van der Waals surface area contributed by atoms with E-state index >= 15 is 0 Å². The highest BCUT2D eigenvalue weighted by molar-refractivity contribution is 5.39. The Bertz CT molecular complexity index is 445. The van der Waals surface area contributed by atoms with E-state index in [9.17, 15) is 0 Å². The summed E-state index contributed by atoms with van der Waals surface area (Å²) >= 11 is 0. The van der Waals surface area contributed by atoms with Crippen LogP contribution in [0.15, 0.2) is 24.8 Å². The first-order valence-corrected chi connectivity index (χ1v) is 5.55. The van der Waals surface area contributed by atoms with Gasteiger partial charge in [0, 0.05) is 37.2 Å². The molecule has 0 aliphatic rings. The summed E-state index contributed by atoms with van der Waals surface area (Å²) in [5.41, 5.74) is 6.44. The summed E-state index contributed by atoms with van der Waals surface area (Å²) < 4.78 is 2.04. The Morgan fingerprint density at radius 2 is 2.29 bits per heavy atom. The second kappa shape index (κ2) is 5.29.